The van der Waals surface area contributed by atoms with Gasteiger partial charge < -0.3 is 14.5 Å². The third-order valence-corrected chi connectivity index (χ3v) is 3.48. The minimum Gasteiger partial charge on any atom is -0.328 e. The molecule has 0 amide bonds. The number of hydrogen-bond acceptors (Lipinski definition) is 3. The molecule has 0 atom stereocenters. The van der Waals surface area contributed by atoms with Gasteiger partial charge in [0.05, 0.1) is 5.69 Å². The summed E-state index contributed by atoms with van der Waals surface area (Å²) in [5.74, 6) is 0. The Kier molecular flexibility index (Phi) is 3.87. The molecule has 0 aliphatic carbocycles. The zero-order chi connectivity index (χ0) is 13.3. The fourth-order valence-electron chi connectivity index (χ4n) is 2.28. The van der Waals surface area contributed by atoms with Crippen molar-refractivity contribution in [2.24, 2.45) is 7.05 Å². The Hall–Kier alpha value is -1.14. The van der Waals surface area contributed by atoms with E-state index in [-0.39, 0.29) is 0 Å². The largest absolute Gasteiger partial charge is 0.328 e. The van der Waals surface area contributed by atoms with Gasteiger partial charge in [-0.25, -0.2) is 0 Å². The first-order chi connectivity index (χ1) is 8.50. The predicted octanol–water partition coefficient (Wildman–Crippen LogP) is 2.08. The molecule has 1 N–H and O–H groups in total. The standard InChI is InChI=1S/C12H21N5S/c1-9-10-11(16(4)14-9)17(12(18)13-10)8-6-5-7-15(2)3/h5-8H2,1-4H3,(H,13,18). The highest BCUT2D eigenvalue weighted by atomic mass is 32.1. The molecule has 0 aliphatic heterocycles. The maximum Gasteiger partial charge on any atom is 0.179 e. The Balaban J connectivity index is 2.17. The summed E-state index contributed by atoms with van der Waals surface area (Å²) in [7, 11) is 6.17. The van der Waals surface area contributed by atoms with Gasteiger partial charge in [0.15, 0.2) is 10.4 Å². The highest BCUT2D eigenvalue weighted by molar-refractivity contribution is 7.71. The molecule has 0 aliphatic rings. The highest BCUT2D eigenvalue weighted by Gasteiger charge is 2.11. The lowest BCUT2D eigenvalue weighted by atomic mass is 10.3. The van der Waals surface area contributed by atoms with Crippen LogP contribution in [0.1, 0.15) is 18.5 Å². The zero-order valence-electron chi connectivity index (χ0n) is 11.5. The van der Waals surface area contributed by atoms with Crippen LogP contribution in [0.4, 0.5) is 0 Å². The van der Waals surface area contributed by atoms with Gasteiger partial charge in [0.25, 0.3) is 0 Å². The molecule has 0 bridgehead atoms. The lowest BCUT2D eigenvalue weighted by Gasteiger charge is -2.09. The van der Waals surface area contributed by atoms with Crippen molar-refractivity contribution in [2.75, 3.05) is 20.6 Å². The smallest absolute Gasteiger partial charge is 0.179 e. The zero-order valence-corrected chi connectivity index (χ0v) is 12.3. The Morgan fingerprint density at radius 1 is 1.33 bits per heavy atom. The molecular weight excluding hydrogens is 246 g/mol. The second-order valence-corrected chi connectivity index (χ2v) is 5.39. The molecule has 2 aromatic heterocycles. The topological polar surface area (TPSA) is 41.8 Å². The van der Waals surface area contributed by atoms with E-state index in [1.807, 2.05) is 18.7 Å². The number of aryl methyl sites for hydroxylation is 3. The number of nitrogens with one attached hydrogen (secondary N) is 1. The third kappa shape index (κ3) is 2.49. The number of imidazole rings is 1. The van der Waals surface area contributed by atoms with Gasteiger partial charge in [0.2, 0.25) is 0 Å². The quantitative estimate of drug-likeness (QED) is 0.666. The van der Waals surface area contributed by atoms with E-state index in [9.17, 15) is 0 Å². The van der Waals surface area contributed by atoms with Gasteiger partial charge in [-0.05, 0) is 52.6 Å². The Morgan fingerprint density at radius 3 is 2.72 bits per heavy atom. The minimum atomic E-state index is 0.797. The molecule has 0 saturated heterocycles. The number of H-pyrrole nitrogens is 1. The Labute approximate surface area is 112 Å². The van der Waals surface area contributed by atoms with Crippen molar-refractivity contribution >= 4 is 23.4 Å². The molecular formula is C12H21N5S. The summed E-state index contributed by atoms with van der Waals surface area (Å²) in [4.78, 5) is 5.46. The fourth-order valence-corrected chi connectivity index (χ4v) is 2.56. The first-order valence-corrected chi connectivity index (χ1v) is 6.68. The number of nitrogens with zero attached hydrogens (tertiary/aromatic N) is 4. The second-order valence-electron chi connectivity index (χ2n) is 5.00. The van der Waals surface area contributed by atoms with Crippen molar-refractivity contribution in [1.82, 2.24) is 24.2 Å². The van der Waals surface area contributed by atoms with Crippen molar-refractivity contribution in [3.8, 4) is 0 Å². The van der Waals surface area contributed by atoms with E-state index in [4.69, 9.17) is 12.2 Å². The normalized spacial score (nSPS) is 11.8. The summed E-state index contributed by atoms with van der Waals surface area (Å²) in [6.45, 7) is 4.07. The Bertz CT molecular complexity index is 589. The van der Waals surface area contributed by atoms with E-state index in [0.29, 0.717) is 0 Å². The SMILES string of the molecule is Cc1nn(C)c2c1[nH]c(=S)n2CCCCN(C)C. The van der Waals surface area contributed by atoms with Gasteiger partial charge in [-0.15, -0.1) is 0 Å². The number of unbranched alkanes of at least 4 members (excludes halogenated alkanes) is 1. The van der Waals surface area contributed by atoms with Gasteiger partial charge in [-0.2, -0.15) is 5.10 Å². The van der Waals surface area contributed by atoms with E-state index in [2.05, 4.69) is 33.6 Å². The van der Waals surface area contributed by atoms with Gasteiger partial charge in [-0.1, -0.05) is 0 Å². The number of aromatic nitrogens is 4. The molecule has 0 fully saturated rings. The van der Waals surface area contributed by atoms with Crippen molar-refractivity contribution < 1.29 is 0 Å². The van der Waals surface area contributed by atoms with Gasteiger partial charge in [0, 0.05) is 13.6 Å². The van der Waals surface area contributed by atoms with Crippen LogP contribution in [0.5, 0.6) is 0 Å². The first kappa shape index (κ1) is 13.3. The van der Waals surface area contributed by atoms with Crippen LogP contribution in [-0.4, -0.2) is 44.9 Å². The minimum absolute atomic E-state index is 0.797. The van der Waals surface area contributed by atoms with Gasteiger partial charge in [0.1, 0.15) is 5.52 Å². The van der Waals surface area contributed by atoms with Crippen LogP contribution in [-0.2, 0) is 13.6 Å². The molecule has 0 unspecified atom stereocenters. The van der Waals surface area contributed by atoms with Crippen LogP contribution in [0.3, 0.4) is 0 Å². The van der Waals surface area contributed by atoms with Crippen LogP contribution in [0.2, 0.25) is 0 Å². The number of fused-ring (bicyclic) bond motifs is 1. The van der Waals surface area contributed by atoms with Crippen LogP contribution >= 0.6 is 12.2 Å². The summed E-state index contributed by atoms with van der Waals surface area (Å²) in [6, 6.07) is 0. The van der Waals surface area contributed by atoms with E-state index >= 15 is 0 Å². The van der Waals surface area contributed by atoms with E-state index in [0.717, 1.165) is 41.1 Å². The molecule has 18 heavy (non-hydrogen) atoms. The highest BCUT2D eigenvalue weighted by Crippen LogP contribution is 2.17. The molecule has 2 heterocycles. The molecule has 100 valence electrons. The number of hydrogen-bond donors (Lipinski definition) is 1. The molecule has 5 nitrogen and oxygen atoms in total. The summed E-state index contributed by atoms with van der Waals surface area (Å²) in [5, 5.41) is 4.42. The average Bonchev–Trinajstić information content (AvgIpc) is 2.74. The number of rotatable bonds is 5. The molecule has 0 saturated carbocycles. The summed E-state index contributed by atoms with van der Waals surface area (Å²) in [5.41, 5.74) is 3.17. The van der Waals surface area contributed by atoms with Crippen LogP contribution in [0, 0.1) is 11.7 Å². The molecule has 0 aromatic carbocycles. The number of aromatic amines is 1. The average molecular weight is 267 g/mol. The van der Waals surface area contributed by atoms with Gasteiger partial charge >= 0.3 is 0 Å². The van der Waals surface area contributed by atoms with Crippen LogP contribution in [0.25, 0.3) is 11.2 Å². The summed E-state index contributed by atoms with van der Waals surface area (Å²) < 4.78 is 4.86. The molecule has 2 rings (SSSR count). The van der Waals surface area contributed by atoms with E-state index < -0.39 is 0 Å². The maximum absolute atomic E-state index is 5.38. The third-order valence-electron chi connectivity index (χ3n) is 3.16. The second kappa shape index (κ2) is 5.24. The van der Waals surface area contributed by atoms with Crippen molar-refractivity contribution in [1.29, 1.82) is 0 Å². The molecule has 0 spiro atoms. The van der Waals surface area contributed by atoms with Gasteiger partial charge in [-0.3, -0.25) is 4.68 Å². The van der Waals surface area contributed by atoms with E-state index in [1.165, 1.54) is 6.42 Å². The van der Waals surface area contributed by atoms with Crippen molar-refractivity contribution in [2.45, 2.75) is 26.3 Å². The van der Waals surface area contributed by atoms with Crippen LogP contribution < -0.4 is 0 Å². The predicted molar refractivity (Wildman–Crippen MR) is 76.4 cm³/mol. The molecule has 2 aromatic rings. The summed E-state index contributed by atoms with van der Waals surface area (Å²) in [6.07, 6.45) is 2.31. The van der Waals surface area contributed by atoms with Crippen molar-refractivity contribution in [3.05, 3.63) is 10.5 Å². The molecule has 6 heteroatoms. The van der Waals surface area contributed by atoms with E-state index in [1.54, 1.807) is 0 Å². The first-order valence-electron chi connectivity index (χ1n) is 6.27. The molecule has 0 radical (unpaired) electrons. The van der Waals surface area contributed by atoms with Crippen LogP contribution in [0.15, 0.2) is 0 Å². The lowest BCUT2D eigenvalue weighted by molar-refractivity contribution is 0.388. The lowest BCUT2D eigenvalue weighted by Crippen LogP contribution is -2.13. The summed E-state index contributed by atoms with van der Waals surface area (Å²) >= 11 is 5.38. The fraction of sp³-hybridized carbons (Fsp3) is 0.667. The maximum atomic E-state index is 5.38. The monoisotopic (exact) mass is 267 g/mol. The van der Waals surface area contributed by atoms with Crippen molar-refractivity contribution in [3.63, 3.8) is 0 Å². The Morgan fingerprint density at radius 2 is 2.06 bits per heavy atom.